The van der Waals surface area contributed by atoms with Gasteiger partial charge in [0.2, 0.25) is 0 Å². The van der Waals surface area contributed by atoms with E-state index in [0.717, 1.165) is 10.9 Å². The fourth-order valence-electron chi connectivity index (χ4n) is 1.69. The van der Waals surface area contributed by atoms with Crippen molar-refractivity contribution in [2.75, 3.05) is 0 Å². The lowest BCUT2D eigenvalue weighted by Gasteiger charge is -2.09. The van der Waals surface area contributed by atoms with Crippen LogP contribution in [0.25, 0.3) is 0 Å². The van der Waals surface area contributed by atoms with E-state index in [2.05, 4.69) is 59.3 Å². The van der Waals surface area contributed by atoms with Gasteiger partial charge in [0.25, 0.3) is 0 Å². The van der Waals surface area contributed by atoms with Gasteiger partial charge in [-0.25, -0.2) is 0 Å². The number of hydrogen-bond donors (Lipinski definition) is 1. The SMILES string of the molecule is CC[C@H](N)c1ccc(Sc2cccc(Br)c2)cc1. The Morgan fingerprint density at radius 2 is 1.83 bits per heavy atom. The van der Waals surface area contributed by atoms with Crippen molar-refractivity contribution in [1.82, 2.24) is 0 Å². The normalized spacial score (nSPS) is 12.4. The molecule has 1 atom stereocenters. The summed E-state index contributed by atoms with van der Waals surface area (Å²) in [5, 5.41) is 0. The zero-order chi connectivity index (χ0) is 13.0. The van der Waals surface area contributed by atoms with Crippen molar-refractivity contribution < 1.29 is 0 Å². The van der Waals surface area contributed by atoms with Crippen LogP contribution in [0.15, 0.2) is 62.8 Å². The Morgan fingerprint density at radius 1 is 1.11 bits per heavy atom. The molecule has 0 amide bonds. The fourth-order valence-corrected chi connectivity index (χ4v) is 3.11. The molecule has 2 aromatic carbocycles. The second kappa shape index (κ2) is 6.41. The number of rotatable bonds is 4. The first-order valence-corrected chi connectivity index (χ1v) is 7.59. The highest BCUT2D eigenvalue weighted by atomic mass is 79.9. The molecular formula is C15H16BrNS. The zero-order valence-corrected chi connectivity index (χ0v) is 12.7. The summed E-state index contributed by atoms with van der Waals surface area (Å²) in [6.45, 7) is 2.11. The van der Waals surface area contributed by atoms with Crippen molar-refractivity contribution in [1.29, 1.82) is 0 Å². The molecule has 2 aromatic rings. The van der Waals surface area contributed by atoms with E-state index in [1.807, 2.05) is 12.1 Å². The Morgan fingerprint density at radius 3 is 2.44 bits per heavy atom. The number of hydrogen-bond acceptors (Lipinski definition) is 2. The summed E-state index contributed by atoms with van der Waals surface area (Å²) in [6.07, 6.45) is 0.970. The van der Waals surface area contributed by atoms with Crippen LogP contribution < -0.4 is 5.73 Å². The molecule has 0 aromatic heterocycles. The van der Waals surface area contributed by atoms with Crippen LogP contribution in [-0.4, -0.2) is 0 Å². The molecule has 3 heteroatoms. The first kappa shape index (κ1) is 13.7. The van der Waals surface area contributed by atoms with Crippen molar-refractivity contribution in [3.05, 3.63) is 58.6 Å². The summed E-state index contributed by atoms with van der Waals surface area (Å²) in [6, 6.07) is 17.0. The van der Waals surface area contributed by atoms with Gasteiger partial charge in [-0.1, -0.05) is 52.8 Å². The average molecular weight is 322 g/mol. The standard InChI is InChI=1S/C15H16BrNS/c1-2-15(17)11-6-8-13(9-7-11)18-14-5-3-4-12(16)10-14/h3-10,15H,2,17H2,1H3/t15-/m0/s1. The quantitative estimate of drug-likeness (QED) is 0.856. The summed E-state index contributed by atoms with van der Waals surface area (Å²) in [5.41, 5.74) is 7.21. The van der Waals surface area contributed by atoms with Gasteiger partial charge in [-0.2, -0.15) is 0 Å². The second-order valence-corrected chi connectivity index (χ2v) is 6.21. The zero-order valence-electron chi connectivity index (χ0n) is 10.3. The van der Waals surface area contributed by atoms with Crippen LogP contribution in [0.5, 0.6) is 0 Å². The summed E-state index contributed by atoms with van der Waals surface area (Å²) in [5.74, 6) is 0. The Labute approximate surface area is 121 Å². The molecule has 0 radical (unpaired) electrons. The van der Waals surface area contributed by atoms with E-state index in [1.165, 1.54) is 15.4 Å². The molecule has 2 N–H and O–H groups in total. The molecule has 0 saturated heterocycles. The third kappa shape index (κ3) is 3.61. The number of halogens is 1. The highest BCUT2D eigenvalue weighted by molar-refractivity contribution is 9.10. The Balaban J connectivity index is 2.11. The van der Waals surface area contributed by atoms with E-state index >= 15 is 0 Å². The van der Waals surface area contributed by atoms with Crippen molar-refractivity contribution in [3.63, 3.8) is 0 Å². The number of benzene rings is 2. The van der Waals surface area contributed by atoms with E-state index in [1.54, 1.807) is 11.8 Å². The van der Waals surface area contributed by atoms with E-state index in [-0.39, 0.29) is 6.04 Å². The van der Waals surface area contributed by atoms with Crippen LogP contribution in [0.1, 0.15) is 24.9 Å². The molecule has 0 aliphatic heterocycles. The third-order valence-electron chi connectivity index (χ3n) is 2.78. The van der Waals surface area contributed by atoms with Crippen LogP contribution in [0.4, 0.5) is 0 Å². The van der Waals surface area contributed by atoms with Gasteiger partial charge in [-0.05, 0) is 42.3 Å². The lowest BCUT2D eigenvalue weighted by Crippen LogP contribution is -2.07. The van der Waals surface area contributed by atoms with Crippen LogP contribution in [-0.2, 0) is 0 Å². The molecule has 0 aliphatic rings. The fraction of sp³-hybridized carbons (Fsp3) is 0.200. The van der Waals surface area contributed by atoms with E-state index in [9.17, 15) is 0 Å². The van der Waals surface area contributed by atoms with Gasteiger partial charge < -0.3 is 5.73 Å². The maximum Gasteiger partial charge on any atom is 0.0292 e. The van der Waals surface area contributed by atoms with Crippen molar-refractivity contribution in [2.24, 2.45) is 5.73 Å². The van der Waals surface area contributed by atoms with E-state index in [0.29, 0.717) is 0 Å². The topological polar surface area (TPSA) is 26.0 Å². The molecule has 2 rings (SSSR count). The molecule has 94 valence electrons. The second-order valence-electron chi connectivity index (χ2n) is 4.14. The van der Waals surface area contributed by atoms with Crippen LogP contribution >= 0.6 is 27.7 Å². The molecule has 18 heavy (non-hydrogen) atoms. The van der Waals surface area contributed by atoms with Crippen LogP contribution in [0.2, 0.25) is 0 Å². The van der Waals surface area contributed by atoms with Gasteiger partial charge in [0.1, 0.15) is 0 Å². The van der Waals surface area contributed by atoms with E-state index < -0.39 is 0 Å². The molecule has 0 heterocycles. The maximum atomic E-state index is 6.00. The molecule has 0 unspecified atom stereocenters. The highest BCUT2D eigenvalue weighted by Crippen LogP contribution is 2.30. The minimum Gasteiger partial charge on any atom is -0.324 e. The molecule has 0 saturated carbocycles. The lowest BCUT2D eigenvalue weighted by atomic mass is 10.1. The summed E-state index contributed by atoms with van der Waals surface area (Å²) in [7, 11) is 0. The smallest absolute Gasteiger partial charge is 0.0292 e. The summed E-state index contributed by atoms with van der Waals surface area (Å²) in [4.78, 5) is 2.47. The minimum atomic E-state index is 0.148. The Bertz CT molecular complexity index is 510. The molecular weight excluding hydrogens is 306 g/mol. The molecule has 0 aliphatic carbocycles. The monoisotopic (exact) mass is 321 g/mol. The Hall–Kier alpha value is -0.770. The predicted molar refractivity (Wildman–Crippen MR) is 81.9 cm³/mol. The highest BCUT2D eigenvalue weighted by Gasteiger charge is 2.03. The number of nitrogens with two attached hydrogens (primary N) is 1. The maximum absolute atomic E-state index is 6.00. The van der Waals surface area contributed by atoms with Crippen LogP contribution in [0, 0.1) is 0 Å². The van der Waals surface area contributed by atoms with Gasteiger partial charge in [-0.15, -0.1) is 0 Å². The molecule has 0 fully saturated rings. The molecule has 1 nitrogen and oxygen atoms in total. The largest absolute Gasteiger partial charge is 0.324 e. The first-order chi connectivity index (χ1) is 8.69. The summed E-state index contributed by atoms with van der Waals surface area (Å²) >= 11 is 5.24. The van der Waals surface area contributed by atoms with Crippen LogP contribution in [0.3, 0.4) is 0 Å². The lowest BCUT2D eigenvalue weighted by molar-refractivity contribution is 0.698. The van der Waals surface area contributed by atoms with E-state index in [4.69, 9.17) is 5.73 Å². The average Bonchev–Trinajstić information content (AvgIpc) is 2.39. The van der Waals surface area contributed by atoms with Crippen molar-refractivity contribution in [2.45, 2.75) is 29.2 Å². The van der Waals surface area contributed by atoms with Gasteiger partial charge in [0, 0.05) is 20.3 Å². The third-order valence-corrected chi connectivity index (χ3v) is 4.27. The Kier molecular flexibility index (Phi) is 4.87. The van der Waals surface area contributed by atoms with Gasteiger partial charge in [-0.3, -0.25) is 0 Å². The summed E-state index contributed by atoms with van der Waals surface area (Å²) < 4.78 is 1.11. The van der Waals surface area contributed by atoms with Gasteiger partial charge in [0.05, 0.1) is 0 Å². The first-order valence-electron chi connectivity index (χ1n) is 5.98. The van der Waals surface area contributed by atoms with Gasteiger partial charge in [0.15, 0.2) is 0 Å². The van der Waals surface area contributed by atoms with Gasteiger partial charge >= 0.3 is 0 Å². The predicted octanol–water partition coefficient (Wildman–Crippen LogP) is 5.01. The van der Waals surface area contributed by atoms with Crippen molar-refractivity contribution >= 4 is 27.7 Å². The minimum absolute atomic E-state index is 0.148. The molecule has 0 spiro atoms. The van der Waals surface area contributed by atoms with Crippen molar-refractivity contribution in [3.8, 4) is 0 Å². The molecule has 0 bridgehead atoms.